The Balaban J connectivity index is 1.11. The Hall–Kier alpha value is -8.24. The second-order valence-corrected chi connectivity index (χ2v) is 31.0. The molecule has 4 aromatic rings. The number of β-amino-alcohol motifs (C(OH)–C–C–N with tert-alkyl or cyclic N) is 1. The summed E-state index contributed by atoms with van der Waals surface area (Å²) in [6.07, 6.45) is -0.128. The third-order valence-electron chi connectivity index (χ3n) is 21.2. The van der Waals surface area contributed by atoms with Gasteiger partial charge in [0, 0.05) is 94.5 Å². The second kappa shape index (κ2) is 44.4. The summed E-state index contributed by atoms with van der Waals surface area (Å²) < 4.78 is 20.5. The molecule has 5 heterocycles. The SMILES string of the molecule is COCCCCCCCOc1ccc(-c2nnc(-c3ccc(C(=O)N[C@H]4C[C@H](O)CNC(=O)[C@@H]5[C@@H](O)[C@H](C)CN5C(=O)[C@H]([C@H](O)CC[N+]5(CCCCCCCCC(=O)O)CCCCCCCC5C(=O)O)NC(=O)[C@H]([C@H](O)Cc5ccc(O)c(OSOOO)c5)NC(=O)[C@@H]5C[C@@H](O)CN5C(=O)[C@H]([C@@H](C)O)NC4=O)cc3)s2)cc1. The number of benzene rings is 3. The number of hydrogen-bond acceptors (Lipinski definition) is 26. The third kappa shape index (κ3) is 25.6. The molecule has 34 nitrogen and oxygen atoms in total. The lowest BCUT2D eigenvalue weighted by molar-refractivity contribution is -0.944. The van der Waals surface area contributed by atoms with Crippen LogP contribution in [0.15, 0.2) is 66.7 Å². The number of aliphatic carboxylic acids is 2. The maximum Gasteiger partial charge on any atom is 0.362 e. The zero-order valence-electron chi connectivity index (χ0n) is 63.4. The number of aromatic nitrogens is 2. The molecule has 4 aliphatic rings. The van der Waals surface area contributed by atoms with Gasteiger partial charge in [-0.1, -0.05) is 97.2 Å². The highest BCUT2D eigenvalue weighted by atomic mass is 32.2. The highest BCUT2D eigenvalue weighted by Crippen LogP contribution is 2.35. The number of amides is 7. The van der Waals surface area contributed by atoms with Crippen molar-refractivity contribution in [3.8, 4) is 38.4 Å². The predicted octanol–water partition coefficient (Wildman–Crippen LogP) is 3.69. The topological polar surface area (TPSA) is 494 Å². The van der Waals surface area contributed by atoms with E-state index in [9.17, 15) is 69.6 Å². The molecular weight excluding hydrogens is 1500 g/mol. The normalized spacial score (nSPS) is 25.5. The van der Waals surface area contributed by atoms with Crippen LogP contribution < -0.4 is 35.5 Å². The van der Waals surface area contributed by atoms with Gasteiger partial charge in [-0.25, -0.2) is 10.1 Å². The number of carboxylic acids is 2. The van der Waals surface area contributed by atoms with Crippen LogP contribution >= 0.6 is 23.7 Å². The van der Waals surface area contributed by atoms with E-state index in [0.29, 0.717) is 79.5 Å². The lowest BCUT2D eigenvalue weighted by Crippen LogP contribution is -2.65. The number of nitrogens with one attached hydrogen (secondary N) is 5. The largest absolute Gasteiger partial charge is 0.504 e. The number of quaternary nitrogens is 1. The maximum atomic E-state index is 15.7. The first-order valence-corrected chi connectivity index (χ1v) is 40.0. The molecule has 4 saturated heterocycles. The van der Waals surface area contributed by atoms with Crippen molar-refractivity contribution in [3.63, 3.8) is 0 Å². The van der Waals surface area contributed by atoms with Gasteiger partial charge in [-0.05, 0) is 112 Å². The summed E-state index contributed by atoms with van der Waals surface area (Å²) in [5.41, 5.74) is 1.45. The van der Waals surface area contributed by atoms with Crippen molar-refractivity contribution >= 4 is 76.9 Å². The van der Waals surface area contributed by atoms with Crippen molar-refractivity contribution < 1.29 is 122 Å². The van der Waals surface area contributed by atoms with Gasteiger partial charge in [0.1, 0.15) is 52.0 Å². The number of ether oxygens (including phenoxy) is 2. The standard InChI is InChI=1S/C76H108N10O24S2/c1-45-43-85-65(66(45)95)71(100)77-42-51(88)40-54(78-67(96)48-23-25-49(26-24-48)72-82-83-73(111-72)50-27-29-53(30-28-50)107-37-19-13-7-12-18-36-106-3)68(97)79-62(46(2)87)74(101)84-44-52(89)41-55(84)69(98)80-63(59(92)38-47-22-31-57(90)60(39-47)108-112-110-109-105)70(99)81-64(75(85)102)58(91)32-35-86(33-16-10-5-4-9-15-21-61(93)94)34-17-11-6-8-14-20-56(86)76(103)104/h22-31,39,45-46,51-52,54-56,58-59,62-66,87-89,91-92,95H,4-21,32-38,40-44H2,1-3H3,(H8-,77,78,79,80,81,90,93,94,96,97,98,99,100,103,104,105)/p+1/t45-,46-,51+,52-,54+,55+,56?,58-,59-,62+,63+,64+,65+,66+,86?/m1/s1. The summed E-state index contributed by atoms with van der Waals surface area (Å²) in [5.74, 6) is -11.0. The van der Waals surface area contributed by atoms with Crippen molar-refractivity contribution in [2.75, 3.05) is 59.6 Å². The van der Waals surface area contributed by atoms with Crippen molar-refractivity contribution in [2.45, 2.75) is 234 Å². The smallest absolute Gasteiger partial charge is 0.362 e. The molecule has 2 unspecified atom stereocenters. The van der Waals surface area contributed by atoms with Crippen LogP contribution in [0.25, 0.3) is 21.1 Å². The summed E-state index contributed by atoms with van der Waals surface area (Å²) in [4.78, 5) is 132. The number of phenolic OH excluding ortho intramolecular Hbond substituents is 1. The van der Waals surface area contributed by atoms with E-state index in [-0.39, 0.29) is 53.1 Å². The lowest BCUT2D eigenvalue weighted by Gasteiger charge is -2.44. The Labute approximate surface area is 658 Å². The molecule has 0 radical (unpaired) electrons. The van der Waals surface area contributed by atoms with E-state index in [2.05, 4.69) is 46.2 Å². The molecule has 15 atom stereocenters. The van der Waals surface area contributed by atoms with Crippen LogP contribution in [0.2, 0.25) is 0 Å². The number of aromatic hydroxyl groups is 1. The average Bonchev–Trinajstić information content (AvgIpc) is 1.69. The number of phenols is 1. The number of nitrogens with zero attached hydrogens (tertiary/aromatic N) is 5. The summed E-state index contributed by atoms with van der Waals surface area (Å²) in [5, 5.41) is 137. The number of hydrogen-bond donors (Lipinski definition) is 15. The van der Waals surface area contributed by atoms with Crippen molar-refractivity contribution in [3.05, 3.63) is 77.9 Å². The predicted molar refractivity (Wildman–Crippen MR) is 406 cm³/mol. The van der Waals surface area contributed by atoms with Gasteiger partial charge < -0.3 is 100 Å². The van der Waals surface area contributed by atoms with Gasteiger partial charge >= 0.3 is 11.9 Å². The van der Waals surface area contributed by atoms with Crippen LogP contribution in [0.5, 0.6) is 17.2 Å². The Morgan fingerprint density at radius 3 is 1.98 bits per heavy atom. The van der Waals surface area contributed by atoms with Crippen LogP contribution in [0, 0.1) is 5.92 Å². The van der Waals surface area contributed by atoms with Crippen molar-refractivity contribution in [1.29, 1.82) is 0 Å². The molecule has 0 spiro atoms. The highest BCUT2D eigenvalue weighted by molar-refractivity contribution is 7.90. The minimum absolute atomic E-state index is 0.00102. The van der Waals surface area contributed by atoms with E-state index < -0.39 is 189 Å². The molecule has 4 fully saturated rings. The summed E-state index contributed by atoms with van der Waals surface area (Å²) in [6.45, 7) is 2.83. The zero-order valence-corrected chi connectivity index (χ0v) is 65.0. The zero-order chi connectivity index (χ0) is 81.0. The number of unbranched alkanes of at least 4 members (excludes halogenated alkanes) is 9. The molecule has 1 aromatic heterocycles. The van der Waals surface area contributed by atoms with Gasteiger partial charge in [0.05, 0.1) is 62.9 Å². The van der Waals surface area contributed by atoms with E-state index in [4.69, 9.17) is 24.0 Å². The van der Waals surface area contributed by atoms with Crippen molar-refractivity contribution in [1.82, 2.24) is 46.6 Å². The number of aliphatic hydroxyl groups is 6. The number of fused-ring (bicyclic) bond motifs is 2. The van der Waals surface area contributed by atoms with E-state index >= 15 is 14.4 Å². The van der Waals surface area contributed by atoms with Crippen LogP contribution in [-0.4, -0.2) is 267 Å². The molecule has 4 aliphatic heterocycles. The van der Waals surface area contributed by atoms with E-state index in [1.54, 1.807) is 19.2 Å². The fraction of sp³-hybridized carbons (Fsp3) is 0.618. The first-order valence-electron chi connectivity index (χ1n) is 38.5. The molecule has 618 valence electrons. The second-order valence-electron chi connectivity index (χ2n) is 29.6. The Morgan fingerprint density at radius 1 is 0.688 bits per heavy atom. The quantitative estimate of drug-likeness (QED) is 0.0103. The number of aliphatic hydroxyl groups excluding tert-OH is 6. The number of carbonyl (C=O) groups is 9. The van der Waals surface area contributed by atoms with Crippen LogP contribution in [0.3, 0.4) is 0 Å². The Kier molecular flexibility index (Phi) is 35.4. The monoisotopic (exact) mass is 1610 g/mol. The minimum atomic E-state index is -2.21. The van der Waals surface area contributed by atoms with E-state index in [0.717, 1.165) is 99.2 Å². The van der Waals surface area contributed by atoms with E-state index in [1.165, 1.54) is 42.5 Å². The fourth-order valence-corrected chi connectivity index (χ4v) is 16.1. The number of rotatable bonds is 35. The first-order chi connectivity index (χ1) is 53.7. The molecule has 15 N–H and O–H groups in total. The average molecular weight is 1610 g/mol. The highest BCUT2D eigenvalue weighted by Gasteiger charge is 2.51. The fourth-order valence-electron chi connectivity index (χ4n) is 15.0. The third-order valence-corrected chi connectivity index (χ3v) is 22.6. The van der Waals surface area contributed by atoms with Gasteiger partial charge in [-0.3, -0.25) is 38.4 Å². The van der Waals surface area contributed by atoms with Gasteiger partial charge in [0.15, 0.2) is 17.5 Å². The van der Waals surface area contributed by atoms with Crippen LogP contribution in [0.4, 0.5) is 0 Å². The molecule has 36 heteroatoms. The summed E-state index contributed by atoms with van der Waals surface area (Å²) >= 11 is 1.35. The Bertz CT molecular complexity index is 3730. The molecule has 112 heavy (non-hydrogen) atoms. The first kappa shape index (κ1) is 89.3. The lowest BCUT2D eigenvalue weighted by atomic mass is 9.97. The summed E-state index contributed by atoms with van der Waals surface area (Å²) in [7, 11) is 1.69. The van der Waals surface area contributed by atoms with Crippen molar-refractivity contribution in [2.24, 2.45) is 5.92 Å². The molecule has 8 rings (SSSR count). The Morgan fingerprint density at radius 2 is 1.31 bits per heavy atom. The molecule has 3 aromatic carbocycles. The van der Waals surface area contributed by atoms with E-state index in [1.807, 2.05) is 24.3 Å². The minimum Gasteiger partial charge on any atom is -0.504 e. The molecule has 0 bridgehead atoms. The molecular formula is C76H109N10O24S2+. The van der Waals surface area contributed by atoms with Gasteiger partial charge in [-0.15, -0.1) is 10.2 Å². The maximum absolute atomic E-state index is 15.7. The van der Waals surface area contributed by atoms with Gasteiger partial charge in [0.2, 0.25) is 35.4 Å². The number of carbonyl (C=O) groups excluding carboxylic acids is 7. The van der Waals surface area contributed by atoms with Gasteiger partial charge in [-0.2, -0.15) is 0 Å². The number of methoxy groups -OCH3 is 1. The number of carboxylic acid groups (broad SMARTS) is 2. The van der Waals surface area contributed by atoms with Gasteiger partial charge in [0.25, 0.3) is 18.2 Å². The molecule has 0 aliphatic carbocycles. The van der Waals surface area contributed by atoms with Crippen LogP contribution in [-0.2, 0) is 58.9 Å². The van der Waals surface area contributed by atoms with Crippen LogP contribution in [0.1, 0.15) is 165 Å². The summed E-state index contributed by atoms with van der Waals surface area (Å²) in [6, 6.07) is 4.46. The molecule has 0 saturated carbocycles. The molecule has 7 amide bonds.